The number of hydrogen-bond donors (Lipinski definition) is 0. The van der Waals surface area contributed by atoms with E-state index >= 15 is 0 Å². The van der Waals surface area contributed by atoms with E-state index in [0.29, 0.717) is 95.9 Å². The lowest BCUT2D eigenvalue weighted by atomic mass is 9.87. The van der Waals surface area contributed by atoms with Crippen molar-refractivity contribution in [1.29, 1.82) is 0 Å². The van der Waals surface area contributed by atoms with Crippen LogP contribution >= 0.6 is 62.7 Å². The van der Waals surface area contributed by atoms with Gasteiger partial charge in [0.2, 0.25) is 19.6 Å². The van der Waals surface area contributed by atoms with Crippen LogP contribution in [0.25, 0.3) is 14.5 Å². The van der Waals surface area contributed by atoms with Gasteiger partial charge in [0, 0.05) is 84.9 Å². The second-order valence-corrected chi connectivity index (χ2v) is 50.4. The molecule has 0 saturated carbocycles. The van der Waals surface area contributed by atoms with Gasteiger partial charge in [-0.25, -0.2) is 38.4 Å². The average Bonchev–Trinajstić information content (AvgIpc) is 0.857. The molecule has 21 nitrogen and oxygen atoms in total. The summed E-state index contributed by atoms with van der Waals surface area (Å²) >= 11 is 0. The molecule has 2 saturated heterocycles. The molecule has 0 aromatic heterocycles. The lowest BCUT2D eigenvalue weighted by Crippen LogP contribution is -2.39. The highest BCUT2D eigenvalue weighted by atomic mass is 31.2. The zero-order chi connectivity index (χ0) is 81.7. The first kappa shape index (κ1) is 104. The molecule has 2 aliphatic heterocycles. The summed E-state index contributed by atoms with van der Waals surface area (Å²) in [5.74, 6) is 8.47. The van der Waals surface area contributed by atoms with Gasteiger partial charge in [0.05, 0.1) is 49.8 Å². The Bertz CT molecular complexity index is 2870. The largest absolute Gasteiger partial charge is 0.380 e. The zero-order valence-corrected chi connectivity index (χ0v) is 78.0. The smallest absolute Gasteiger partial charge is 0.259 e. The second kappa shape index (κ2) is 53.3. The van der Waals surface area contributed by atoms with Crippen LogP contribution < -0.4 is 0 Å². The van der Waals surface area contributed by atoms with E-state index in [1.807, 2.05) is 35.9 Å². The fraction of sp³-hybridized carbons (Fsp3) is 0.805. The van der Waals surface area contributed by atoms with Crippen LogP contribution in [0.2, 0.25) is 0 Å². The fourth-order valence-electron chi connectivity index (χ4n) is 11.9. The summed E-state index contributed by atoms with van der Waals surface area (Å²) in [4.78, 5) is 10.2. The lowest BCUT2D eigenvalue weighted by molar-refractivity contribution is -0.0526. The Balaban J connectivity index is 0.000000713. The molecule has 107 heavy (non-hydrogen) atoms. The molecule has 0 N–H and O–H groups in total. The summed E-state index contributed by atoms with van der Waals surface area (Å²) in [6.45, 7) is 81.4. The SMILES string of the molecule is [B]C1CC(OP(OCCC)N(C(C)C)C(C)C)CC(/C=C/P(C)(C)=O)O1.[C-]#[N+]CCOP(OC1CC(/C=C/P(C)(C)=O)OCC1C)N(C(C)C)C(C)C.[C-]#[N+]CCOP(OC1CC(C)C=CC1/C=C/P(C)(C)=O)N(C(C)C)C(C)C.[C-]#[N+]CCOP(OC1CC(C)C=CC1/C=C/P(C)(C)=O)N(C(C)C)C(C)C. The summed E-state index contributed by atoms with van der Waals surface area (Å²) in [7, 11) is -7.76. The van der Waals surface area contributed by atoms with Crippen LogP contribution in [0.3, 0.4) is 0 Å². The molecular weight excluding hydrogens is 1510 g/mol. The van der Waals surface area contributed by atoms with Crippen LogP contribution in [0, 0.1) is 49.3 Å². The van der Waals surface area contributed by atoms with Crippen molar-refractivity contribution in [2.75, 3.05) is 106 Å². The molecule has 2 radical (unpaired) electrons. The van der Waals surface area contributed by atoms with Crippen LogP contribution in [-0.4, -0.2) is 223 Å². The van der Waals surface area contributed by atoms with Gasteiger partial charge in [-0.2, -0.15) is 0 Å². The molecule has 0 bridgehead atoms. The molecule has 614 valence electrons. The number of rotatable bonds is 40. The summed E-state index contributed by atoms with van der Waals surface area (Å²) in [5, 5.41) is 0. The minimum atomic E-state index is -2.23. The van der Waals surface area contributed by atoms with E-state index < -0.39 is 62.7 Å². The molecule has 2 heterocycles. The average molecular weight is 1650 g/mol. The number of hydrogen-bond acceptors (Lipinski definition) is 18. The monoisotopic (exact) mass is 1650 g/mol. The Hall–Kier alpha value is -0.945. The molecule has 0 aromatic carbocycles. The van der Waals surface area contributed by atoms with E-state index in [1.165, 1.54) is 0 Å². The molecule has 16 atom stereocenters. The van der Waals surface area contributed by atoms with Crippen LogP contribution in [0.4, 0.5) is 0 Å². The van der Waals surface area contributed by atoms with Crippen molar-refractivity contribution < 1.29 is 63.9 Å². The summed E-state index contributed by atoms with van der Waals surface area (Å²) in [5.41, 5.74) is 0. The standard InChI is InChI=1S/2C20H36N2O3P2.C19H36N2O4P2.C18H36BNO4P2/c2*1-16(2)22(17(3)4)26(24-13-12-21-6)25-20-15-18(5)9-10-19(20)11-14-27(7,8)23;1-15(2)21(16(3)4)26(24-11-10-20-6)25-19-13-18(23-14-17(19)5)9-12-27(7,8)22;1-8-10-22-25(20(14(2)3)15(4)5)24-17-12-16(23-18(19)13-17)9-11-26(6,7)21/h2*9-11,14,16-20H,12-13,15H2,1-5,7-8H3;9,12,15-19H,10-11,13-14H2,1-5,7-8H3;9,11,14-18H,8,10,12-13H2,1-7H3/b2*14-11+;12-9+;11-9+. The Morgan fingerprint density at radius 1 is 0.439 bits per heavy atom. The first-order valence-electron chi connectivity index (χ1n) is 38.5. The Labute approximate surface area is 659 Å². The van der Waals surface area contributed by atoms with Gasteiger partial charge < -0.3 is 78.5 Å². The van der Waals surface area contributed by atoms with Crippen molar-refractivity contribution in [3.63, 3.8) is 0 Å². The first-order chi connectivity index (χ1) is 49.7. The van der Waals surface area contributed by atoms with Crippen molar-refractivity contribution >= 4 is 70.5 Å². The van der Waals surface area contributed by atoms with Gasteiger partial charge in [0.1, 0.15) is 56.2 Å². The maximum Gasteiger partial charge on any atom is 0.259 e. The highest BCUT2D eigenvalue weighted by Gasteiger charge is 2.39. The highest BCUT2D eigenvalue weighted by molar-refractivity contribution is 7.66. The van der Waals surface area contributed by atoms with Crippen molar-refractivity contribution in [2.24, 2.45) is 29.6 Å². The molecule has 0 aromatic rings. The number of nitrogens with zero attached hydrogens (tertiary/aromatic N) is 7. The van der Waals surface area contributed by atoms with Crippen LogP contribution in [0.5, 0.6) is 0 Å². The Kier molecular flexibility index (Phi) is 51.9. The van der Waals surface area contributed by atoms with Gasteiger partial charge in [-0.3, -0.25) is 0 Å². The predicted octanol–water partition coefficient (Wildman–Crippen LogP) is 22.2. The van der Waals surface area contributed by atoms with Crippen molar-refractivity contribution in [2.45, 2.75) is 268 Å². The van der Waals surface area contributed by atoms with Crippen LogP contribution in [0.1, 0.15) is 177 Å². The number of ether oxygens (including phenoxy) is 2. The molecule has 2 aliphatic carbocycles. The summed E-state index contributed by atoms with van der Waals surface area (Å²) in [6.07, 6.45) is 21.0. The molecular formula is C77H144BN7O14P8. The molecule has 4 rings (SSSR count). The van der Waals surface area contributed by atoms with Gasteiger partial charge in [-0.05, 0) is 225 Å². The number of allylic oxidation sites excluding steroid dienone is 2. The van der Waals surface area contributed by atoms with Crippen molar-refractivity contribution in [1.82, 2.24) is 18.7 Å². The molecule has 0 spiro atoms. The zero-order valence-electron chi connectivity index (χ0n) is 70.9. The minimum absolute atomic E-state index is 0.000508. The Morgan fingerprint density at radius 3 is 1.07 bits per heavy atom. The predicted molar refractivity (Wildman–Crippen MR) is 458 cm³/mol. The third-order valence-corrected chi connectivity index (χ3v) is 28.8. The quantitative estimate of drug-likeness (QED) is 0.0185. The fourth-order valence-corrected chi connectivity index (χ4v) is 21.5. The lowest BCUT2D eigenvalue weighted by Gasteiger charge is -2.40. The van der Waals surface area contributed by atoms with E-state index in [2.05, 4.69) is 196 Å². The van der Waals surface area contributed by atoms with E-state index in [-0.39, 0.29) is 96.6 Å². The van der Waals surface area contributed by atoms with Crippen molar-refractivity contribution in [3.05, 3.63) is 106 Å². The van der Waals surface area contributed by atoms with Gasteiger partial charge in [0.25, 0.3) is 34.1 Å². The maximum atomic E-state index is 12.1. The molecule has 4 aliphatic rings. The highest BCUT2D eigenvalue weighted by Crippen LogP contribution is 2.54. The van der Waals surface area contributed by atoms with Gasteiger partial charge in [-0.15, -0.1) is 0 Å². The summed E-state index contributed by atoms with van der Waals surface area (Å²) < 4.78 is 119. The third-order valence-electron chi connectivity index (χ3n) is 16.6. The van der Waals surface area contributed by atoms with Gasteiger partial charge in [-0.1, -0.05) is 76.3 Å². The van der Waals surface area contributed by atoms with Gasteiger partial charge in [0.15, 0.2) is 0 Å². The minimum Gasteiger partial charge on any atom is -0.380 e. The molecule has 0 amide bonds. The van der Waals surface area contributed by atoms with E-state index in [0.717, 1.165) is 19.3 Å². The maximum absolute atomic E-state index is 12.1. The second-order valence-electron chi connectivity index (χ2n) is 32.1. The Morgan fingerprint density at radius 2 is 0.748 bits per heavy atom. The van der Waals surface area contributed by atoms with Gasteiger partial charge >= 0.3 is 0 Å². The third kappa shape index (κ3) is 45.2. The van der Waals surface area contributed by atoms with Crippen molar-refractivity contribution in [3.8, 4) is 0 Å². The van der Waals surface area contributed by atoms with Crippen LogP contribution in [0.15, 0.2) is 71.9 Å². The molecule has 16 unspecified atom stereocenters. The van der Waals surface area contributed by atoms with E-state index in [4.69, 9.17) is 73.2 Å². The van der Waals surface area contributed by atoms with Crippen LogP contribution in [-0.2, 0) is 63.9 Å². The van der Waals surface area contributed by atoms with E-state index in [9.17, 15) is 18.3 Å². The molecule has 30 heteroatoms. The summed E-state index contributed by atoms with van der Waals surface area (Å²) in [6, 6.07) is 1.94. The first-order valence-corrected chi connectivity index (χ1v) is 53.8. The normalized spacial score (nSPS) is 25.4. The van der Waals surface area contributed by atoms with E-state index in [1.54, 1.807) is 65.0 Å². The topological polar surface area (TPSA) is 187 Å². The molecule has 2 fully saturated rings.